The summed E-state index contributed by atoms with van der Waals surface area (Å²) in [6.07, 6.45) is 3.42. The van der Waals surface area contributed by atoms with E-state index in [1.807, 2.05) is 19.1 Å². The first kappa shape index (κ1) is 13.5. The van der Waals surface area contributed by atoms with Crippen LogP contribution >= 0.6 is 0 Å². The molecule has 1 fully saturated rings. The van der Waals surface area contributed by atoms with E-state index in [1.54, 1.807) is 24.3 Å². The number of hydrogen-bond acceptors (Lipinski definition) is 4. The molecule has 0 aromatic carbocycles. The van der Waals surface area contributed by atoms with Crippen molar-refractivity contribution in [2.45, 2.75) is 19.0 Å². The highest BCUT2D eigenvalue weighted by atomic mass is 16.2. The fourth-order valence-electron chi connectivity index (χ4n) is 2.04. The molecule has 1 aliphatic rings. The molecular formula is C13H18N4O2. The fraction of sp³-hybridized carbons (Fsp3) is 0.462. The molecule has 1 aromatic rings. The van der Waals surface area contributed by atoms with Crippen LogP contribution in [-0.4, -0.2) is 47.9 Å². The van der Waals surface area contributed by atoms with Gasteiger partial charge in [0.25, 0.3) is 0 Å². The Labute approximate surface area is 112 Å². The Morgan fingerprint density at radius 1 is 1.47 bits per heavy atom. The van der Waals surface area contributed by atoms with E-state index >= 15 is 0 Å². The van der Waals surface area contributed by atoms with E-state index in [0.717, 1.165) is 5.56 Å². The third kappa shape index (κ3) is 3.08. The lowest BCUT2D eigenvalue weighted by molar-refractivity contribution is -0.135. The number of carbonyl (C=O) groups is 2. The van der Waals surface area contributed by atoms with E-state index < -0.39 is 0 Å². The Morgan fingerprint density at radius 2 is 2.16 bits per heavy atom. The topological polar surface area (TPSA) is 74.3 Å². The number of hydrogen-bond donors (Lipinski definition) is 2. The molecule has 2 atom stereocenters. The van der Waals surface area contributed by atoms with Crippen molar-refractivity contribution in [1.82, 2.24) is 20.5 Å². The van der Waals surface area contributed by atoms with Crippen LogP contribution in [-0.2, 0) is 9.59 Å². The van der Waals surface area contributed by atoms with E-state index in [-0.39, 0.29) is 30.4 Å². The van der Waals surface area contributed by atoms with Crippen molar-refractivity contribution in [3.05, 3.63) is 30.1 Å². The van der Waals surface area contributed by atoms with Gasteiger partial charge in [-0.05, 0) is 24.6 Å². The van der Waals surface area contributed by atoms with E-state index in [4.69, 9.17) is 0 Å². The molecular weight excluding hydrogens is 244 g/mol. The molecule has 102 valence electrons. The van der Waals surface area contributed by atoms with Crippen molar-refractivity contribution >= 4 is 11.8 Å². The van der Waals surface area contributed by atoms with Crippen LogP contribution in [0.25, 0.3) is 0 Å². The molecule has 0 radical (unpaired) electrons. The van der Waals surface area contributed by atoms with E-state index in [0.29, 0.717) is 6.54 Å². The summed E-state index contributed by atoms with van der Waals surface area (Å²) in [6.45, 7) is 2.49. The summed E-state index contributed by atoms with van der Waals surface area (Å²) in [4.78, 5) is 29.0. The van der Waals surface area contributed by atoms with Crippen molar-refractivity contribution in [2.24, 2.45) is 0 Å². The van der Waals surface area contributed by atoms with Gasteiger partial charge in [0.1, 0.15) is 6.04 Å². The van der Waals surface area contributed by atoms with Gasteiger partial charge in [0, 0.05) is 26.0 Å². The van der Waals surface area contributed by atoms with Gasteiger partial charge >= 0.3 is 0 Å². The highest BCUT2D eigenvalue weighted by Gasteiger charge is 2.28. The molecule has 1 aliphatic heterocycles. The molecule has 2 rings (SSSR count). The Hall–Kier alpha value is -1.95. The molecule has 0 saturated carbocycles. The second kappa shape index (κ2) is 5.79. The molecule has 6 heteroatoms. The molecule has 2 N–H and O–H groups in total. The van der Waals surface area contributed by atoms with Gasteiger partial charge in [0.2, 0.25) is 11.8 Å². The van der Waals surface area contributed by atoms with Crippen molar-refractivity contribution in [3.63, 3.8) is 0 Å². The van der Waals surface area contributed by atoms with Crippen LogP contribution in [0.2, 0.25) is 0 Å². The average Bonchev–Trinajstić information content (AvgIpc) is 2.46. The summed E-state index contributed by atoms with van der Waals surface area (Å²) in [5.74, 6) is -0.0989. The standard InChI is InChI=1S/C13H18N4O2/c1-9(10-3-5-14-6-4-10)17(2)13(19)11-7-16-12(18)8-15-11/h3-6,9,11,15H,7-8H2,1-2H3,(H,16,18). The minimum Gasteiger partial charge on any atom is -0.353 e. The van der Waals surface area contributed by atoms with Gasteiger partial charge in [-0.15, -0.1) is 0 Å². The number of rotatable bonds is 3. The van der Waals surface area contributed by atoms with Gasteiger partial charge in [-0.1, -0.05) is 0 Å². The van der Waals surface area contributed by atoms with Gasteiger partial charge < -0.3 is 10.2 Å². The number of piperazine rings is 1. The largest absolute Gasteiger partial charge is 0.353 e. The molecule has 0 bridgehead atoms. The maximum absolute atomic E-state index is 12.3. The third-order valence-corrected chi connectivity index (χ3v) is 3.43. The van der Waals surface area contributed by atoms with Crippen molar-refractivity contribution in [3.8, 4) is 0 Å². The number of amides is 2. The molecule has 0 spiro atoms. The summed E-state index contributed by atoms with van der Waals surface area (Å²) in [6, 6.07) is 3.40. The Morgan fingerprint density at radius 3 is 2.74 bits per heavy atom. The maximum atomic E-state index is 12.3. The number of nitrogens with one attached hydrogen (secondary N) is 2. The number of carbonyl (C=O) groups excluding carboxylic acids is 2. The molecule has 6 nitrogen and oxygen atoms in total. The zero-order valence-electron chi connectivity index (χ0n) is 11.1. The molecule has 2 amide bonds. The predicted octanol–water partition coefficient (Wildman–Crippen LogP) is -0.311. The quantitative estimate of drug-likeness (QED) is 0.783. The Bertz CT molecular complexity index is 453. The first-order valence-electron chi connectivity index (χ1n) is 6.26. The molecule has 1 aromatic heterocycles. The molecule has 0 aliphatic carbocycles. The van der Waals surface area contributed by atoms with Crippen LogP contribution < -0.4 is 10.6 Å². The number of nitrogens with zero attached hydrogens (tertiary/aromatic N) is 2. The van der Waals surface area contributed by atoms with Crippen LogP contribution in [0.5, 0.6) is 0 Å². The van der Waals surface area contributed by atoms with E-state index in [9.17, 15) is 9.59 Å². The lowest BCUT2D eigenvalue weighted by atomic mass is 10.1. The maximum Gasteiger partial charge on any atom is 0.241 e. The third-order valence-electron chi connectivity index (χ3n) is 3.43. The van der Waals surface area contributed by atoms with E-state index in [1.165, 1.54) is 0 Å². The van der Waals surface area contributed by atoms with Crippen LogP contribution in [0.15, 0.2) is 24.5 Å². The fourth-order valence-corrected chi connectivity index (χ4v) is 2.04. The number of likely N-dealkylation sites (N-methyl/N-ethyl adjacent to an activating group) is 1. The summed E-state index contributed by atoms with van der Waals surface area (Å²) in [7, 11) is 1.77. The van der Waals surface area contributed by atoms with Crippen LogP contribution in [0.3, 0.4) is 0 Å². The van der Waals surface area contributed by atoms with Crippen LogP contribution in [0.1, 0.15) is 18.5 Å². The minimum atomic E-state index is -0.355. The number of pyridine rings is 1. The van der Waals surface area contributed by atoms with Crippen LogP contribution in [0.4, 0.5) is 0 Å². The highest BCUT2D eigenvalue weighted by Crippen LogP contribution is 2.18. The first-order chi connectivity index (χ1) is 9.09. The zero-order valence-corrected chi connectivity index (χ0v) is 11.1. The van der Waals surface area contributed by atoms with Gasteiger partial charge in [0.15, 0.2) is 0 Å². The predicted molar refractivity (Wildman–Crippen MR) is 70.2 cm³/mol. The van der Waals surface area contributed by atoms with Gasteiger partial charge in [0.05, 0.1) is 12.6 Å². The summed E-state index contributed by atoms with van der Waals surface area (Å²) < 4.78 is 0. The second-order valence-corrected chi connectivity index (χ2v) is 4.64. The van der Waals surface area contributed by atoms with Crippen molar-refractivity contribution in [1.29, 1.82) is 0 Å². The highest BCUT2D eigenvalue weighted by molar-refractivity contribution is 5.86. The van der Waals surface area contributed by atoms with Gasteiger partial charge in [-0.3, -0.25) is 19.9 Å². The SMILES string of the molecule is CC(c1ccncc1)N(C)C(=O)C1CNC(=O)CN1. The Kier molecular flexibility index (Phi) is 4.11. The normalized spacial score (nSPS) is 20.5. The van der Waals surface area contributed by atoms with E-state index in [2.05, 4.69) is 15.6 Å². The summed E-state index contributed by atoms with van der Waals surface area (Å²) >= 11 is 0. The lowest BCUT2D eigenvalue weighted by Crippen LogP contribution is -2.58. The lowest BCUT2D eigenvalue weighted by Gasteiger charge is -2.31. The average molecular weight is 262 g/mol. The van der Waals surface area contributed by atoms with Crippen LogP contribution in [0, 0.1) is 0 Å². The smallest absolute Gasteiger partial charge is 0.241 e. The molecule has 2 heterocycles. The Balaban J connectivity index is 2.01. The van der Waals surface area contributed by atoms with Crippen molar-refractivity contribution < 1.29 is 9.59 Å². The van der Waals surface area contributed by atoms with Gasteiger partial charge in [-0.2, -0.15) is 0 Å². The number of aromatic nitrogens is 1. The first-order valence-corrected chi connectivity index (χ1v) is 6.26. The second-order valence-electron chi connectivity index (χ2n) is 4.64. The van der Waals surface area contributed by atoms with Gasteiger partial charge in [-0.25, -0.2) is 0 Å². The summed E-state index contributed by atoms with van der Waals surface area (Å²) in [5.41, 5.74) is 1.03. The molecule has 1 saturated heterocycles. The molecule has 2 unspecified atom stereocenters. The summed E-state index contributed by atoms with van der Waals surface area (Å²) in [5, 5.41) is 5.63. The zero-order chi connectivity index (χ0) is 13.8. The minimum absolute atomic E-state index is 0.0238. The molecule has 19 heavy (non-hydrogen) atoms. The monoisotopic (exact) mass is 262 g/mol. The van der Waals surface area contributed by atoms with Crippen molar-refractivity contribution in [2.75, 3.05) is 20.1 Å².